The van der Waals surface area contributed by atoms with Crippen LogP contribution in [0.3, 0.4) is 0 Å². The lowest BCUT2D eigenvalue weighted by atomic mass is 9.99. The summed E-state index contributed by atoms with van der Waals surface area (Å²) in [6.45, 7) is 26.6. The van der Waals surface area contributed by atoms with Crippen LogP contribution in [0.15, 0.2) is 121 Å². The van der Waals surface area contributed by atoms with E-state index in [1.54, 1.807) is 0 Å². The molecule has 0 saturated carbocycles. The molecule has 1 atom stereocenters. The van der Waals surface area contributed by atoms with Crippen molar-refractivity contribution in [1.29, 1.82) is 0 Å². The van der Waals surface area contributed by atoms with Crippen molar-refractivity contribution in [3.63, 3.8) is 0 Å². The molecule has 0 aliphatic carbocycles. The Kier molecular flexibility index (Phi) is 13.7. The minimum absolute atomic E-state index is 0.0677. The minimum atomic E-state index is -2.83. The molecule has 4 nitrogen and oxygen atoms in total. The number of rotatable bonds is 11. The molecule has 0 aromatic heterocycles. The summed E-state index contributed by atoms with van der Waals surface area (Å²) < 4.78 is 20.9. The van der Waals surface area contributed by atoms with Crippen LogP contribution in [-0.4, -0.2) is 55.0 Å². The predicted octanol–water partition coefficient (Wildman–Crippen LogP) is 8.29. The van der Waals surface area contributed by atoms with Crippen LogP contribution in [0.1, 0.15) is 69.2 Å². The third-order valence-electron chi connectivity index (χ3n) is 11.0. The molecule has 4 rings (SSSR count). The maximum atomic E-state index is 12.4. The van der Waals surface area contributed by atoms with E-state index in [2.05, 4.69) is 196 Å². The van der Waals surface area contributed by atoms with Crippen molar-refractivity contribution in [1.82, 2.24) is 0 Å². The van der Waals surface area contributed by atoms with Gasteiger partial charge in [0.25, 0.3) is 16.6 Å². The van der Waals surface area contributed by atoms with Crippen molar-refractivity contribution < 1.29 is 18.4 Å². The largest absolute Gasteiger partial charge is 0.409 e. The Morgan fingerprint density at radius 1 is 0.500 bits per heavy atom. The molecule has 0 bridgehead atoms. The molecule has 4 aromatic carbocycles. The normalized spacial score (nSPS) is 13.6. The van der Waals surface area contributed by atoms with E-state index in [4.69, 9.17) is 13.3 Å². The third kappa shape index (κ3) is 9.29. The van der Waals surface area contributed by atoms with Gasteiger partial charge >= 0.3 is 0 Å². The first-order chi connectivity index (χ1) is 25.2. The molecule has 0 fully saturated rings. The number of benzene rings is 4. The number of hydrogen-bond acceptors (Lipinski definition) is 4. The lowest BCUT2D eigenvalue weighted by molar-refractivity contribution is 0.0273. The molecule has 7 heteroatoms. The fourth-order valence-electron chi connectivity index (χ4n) is 7.09. The van der Waals surface area contributed by atoms with E-state index in [0.29, 0.717) is 0 Å². The van der Waals surface area contributed by atoms with Crippen LogP contribution in [0.25, 0.3) is 0 Å². The Bertz CT molecular complexity index is 1700. The molecule has 0 spiro atoms. The fraction of sp³-hybridized carbons (Fsp3) is 0.404. The van der Waals surface area contributed by atoms with E-state index in [-0.39, 0.29) is 28.3 Å². The van der Waals surface area contributed by atoms with Crippen molar-refractivity contribution in [3.05, 3.63) is 121 Å². The van der Waals surface area contributed by atoms with Gasteiger partial charge in [0.15, 0.2) is 8.32 Å². The Hall–Kier alpha value is -3.51. The predicted molar refractivity (Wildman–Crippen MR) is 235 cm³/mol. The highest BCUT2D eigenvalue weighted by Crippen LogP contribution is 2.39. The van der Waals surface area contributed by atoms with Gasteiger partial charge < -0.3 is 18.4 Å². The van der Waals surface area contributed by atoms with E-state index in [1.807, 2.05) is 31.2 Å². The van der Waals surface area contributed by atoms with Crippen LogP contribution in [0, 0.1) is 23.7 Å². The molecule has 1 unspecified atom stereocenters. The molecule has 0 saturated heterocycles. The van der Waals surface area contributed by atoms with Gasteiger partial charge in [-0.1, -0.05) is 195 Å². The first-order valence-electron chi connectivity index (χ1n) is 19.1. The summed E-state index contributed by atoms with van der Waals surface area (Å²) in [7, 11) is -7.96. The van der Waals surface area contributed by atoms with E-state index in [0.717, 1.165) is 0 Å². The van der Waals surface area contributed by atoms with Gasteiger partial charge in [0.05, 0.1) is 19.3 Å². The second kappa shape index (κ2) is 17.1. The molecular formula is C47H62O4Si3. The molecule has 286 valence electrons. The fourth-order valence-corrected chi connectivity index (χ4v) is 17.4. The van der Waals surface area contributed by atoms with Crippen LogP contribution in [-0.2, 0) is 13.3 Å². The van der Waals surface area contributed by atoms with Crippen molar-refractivity contribution in [3.8, 4) is 23.7 Å². The second-order valence-electron chi connectivity index (χ2n) is 17.8. The summed E-state index contributed by atoms with van der Waals surface area (Å²) in [6.07, 6.45) is -0.681. The second-order valence-corrected chi connectivity index (χ2v) is 31.2. The van der Waals surface area contributed by atoms with Crippen LogP contribution in [0.2, 0.25) is 28.2 Å². The van der Waals surface area contributed by atoms with Gasteiger partial charge in [-0.3, -0.25) is 0 Å². The van der Waals surface area contributed by atoms with Gasteiger partial charge in [0, 0.05) is 0 Å². The van der Waals surface area contributed by atoms with Crippen LogP contribution in [0.5, 0.6) is 0 Å². The van der Waals surface area contributed by atoms with Crippen molar-refractivity contribution in [2.24, 2.45) is 0 Å². The minimum Gasteiger partial charge on any atom is -0.409 e. The SMILES string of the molecule is CC(O[Si](C)(C)C(C)(C)C)C(O)(C#CCO[Si](c1ccccc1)(c1ccccc1)C(C)(C)C)C#CCO[Si](c1ccccc1)(c1ccccc1)C(C)(C)C. The summed E-state index contributed by atoms with van der Waals surface area (Å²) in [6, 6.07) is 42.1. The van der Waals surface area contributed by atoms with Gasteiger partial charge in [-0.15, -0.1) is 0 Å². The Morgan fingerprint density at radius 2 is 0.778 bits per heavy atom. The quantitative estimate of drug-likeness (QED) is 0.123. The van der Waals surface area contributed by atoms with Crippen molar-refractivity contribution in [2.75, 3.05) is 13.2 Å². The van der Waals surface area contributed by atoms with E-state index < -0.39 is 36.7 Å². The standard InChI is InChI=1S/C47H62O4Si3/c1-39(51-52(11,12)44(2,3)4)47(48,35-25-37-49-53(45(5,6)7,40-27-17-13-18-28-40)41-29-19-14-20-30-41)36-26-38-50-54(46(8,9)10,42-31-21-15-22-32-42)43-33-23-16-24-34-43/h13-24,27-34,39,48H,37-38H2,1-12H3. The zero-order valence-electron chi connectivity index (χ0n) is 34.7. The van der Waals surface area contributed by atoms with Crippen molar-refractivity contribution in [2.45, 2.75) is 109 Å². The Morgan fingerprint density at radius 3 is 1.02 bits per heavy atom. The number of aliphatic hydroxyl groups is 1. The summed E-state index contributed by atoms with van der Waals surface area (Å²) in [4.78, 5) is 0. The van der Waals surface area contributed by atoms with E-state index in [9.17, 15) is 5.11 Å². The average Bonchev–Trinajstić information content (AvgIpc) is 3.11. The maximum absolute atomic E-state index is 12.4. The average molecular weight is 775 g/mol. The molecule has 0 amide bonds. The molecule has 0 aliphatic heterocycles. The number of hydrogen-bond donors (Lipinski definition) is 1. The lowest BCUT2D eigenvalue weighted by Gasteiger charge is -2.42. The zero-order chi connectivity index (χ0) is 39.9. The smallest absolute Gasteiger partial charge is 0.262 e. The molecule has 1 N–H and O–H groups in total. The molecule has 0 heterocycles. The van der Waals surface area contributed by atoms with Crippen LogP contribution in [0.4, 0.5) is 0 Å². The zero-order valence-corrected chi connectivity index (χ0v) is 37.7. The topological polar surface area (TPSA) is 47.9 Å². The molecule has 0 aliphatic rings. The van der Waals surface area contributed by atoms with Gasteiger partial charge in [-0.2, -0.15) is 0 Å². The highest BCUT2D eigenvalue weighted by atomic mass is 28.4. The molecule has 4 aromatic rings. The monoisotopic (exact) mass is 774 g/mol. The van der Waals surface area contributed by atoms with Crippen LogP contribution >= 0.6 is 0 Å². The van der Waals surface area contributed by atoms with E-state index >= 15 is 0 Å². The summed E-state index contributed by atoms with van der Waals surface area (Å²) in [5.74, 6) is 12.8. The third-order valence-corrected chi connectivity index (χ3v) is 25.5. The van der Waals surface area contributed by atoms with E-state index in [1.165, 1.54) is 20.7 Å². The molecule has 54 heavy (non-hydrogen) atoms. The van der Waals surface area contributed by atoms with Crippen LogP contribution < -0.4 is 20.7 Å². The highest BCUT2D eigenvalue weighted by Gasteiger charge is 2.51. The maximum Gasteiger partial charge on any atom is 0.262 e. The molecular weight excluding hydrogens is 713 g/mol. The van der Waals surface area contributed by atoms with Gasteiger partial charge in [0.2, 0.25) is 5.60 Å². The Labute approximate surface area is 330 Å². The Balaban J connectivity index is 1.76. The lowest BCUT2D eigenvalue weighted by Crippen LogP contribution is -2.66. The highest BCUT2D eigenvalue weighted by molar-refractivity contribution is 7.00. The first-order valence-corrected chi connectivity index (χ1v) is 25.8. The summed E-state index contributed by atoms with van der Waals surface area (Å²) in [5.41, 5.74) is -1.76. The molecule has 0 radical (unpaired) electrons. The van der Waals surface area contributed by atoms with Crippen molar-refractivity contribution >= 4 is 45.7 Å². The van der Waals surface area contributed by atoms with Gasteiger partial charge in [-0.25, -0.2) is 0 Å². The first kappa shape index (κ1) is 43.2. The van der Waals surface area contributed by atoms with Gasteiger partial charge in [0.1, 0.15) is 0 Å². The summed E-state index contributed by atoms with van der Waals surface area (Å²) >= 11 is 0. The van der Waals surface area contributed by atoms with Gasteiger partial charge in [-0.05, 0) is 67.7 Å². The summed E-state index contributed by atoms with van der Waals surface area (Å²) in [5, 5.41) is 16.6.